The van der Waals surface area contributed by atoms with Gasteiger partial charge in [0.25, 0.3) is 0 Å². The lowest BCUT2D eigenvalue weighted by molar-refractivity contribution is -0.126. The van der Waals surface area contributed by atoms with Crippen LogP contribution in [0.1, 0.15) is 34.1 Å². The molecular formula is C9H17O2. The molecule has 0 aliphatic heterocycles. The maximum absolute atomic E-state index is 11.2. The molecule has 0 unspecified atom stereocenters. The van der Waals surface area contributed by atoms with Crippen molar-refractivity contribution in [3.8, 4) is 0 Å². The summed E-state index contributed by atoms with van der Waals surface area (Å²) in [4.78, 5) is 11.2. The average molecular weight is 157 g/mol. The van der Waals surface area contributed by atoms with Gasteiger partial charge in [-0.05, 0) is 6.92 Å². The van der Waals surface area contributed by atoms with Crippen LogP contribution < -0.4 is 0 Å². The molecule has 0 atom stereocenters. The van der Waals surface area contributed by atoms with Gasteiger partial charge in [-0.15, -0.1) is 0 Å². The van der Waals surface area contributed by atoms with Crippen LogP contribution in [-0.2, 0) is 9.53 Å². The highest BCUT2D eigenvalue weighted by atomic mass is 16.5. The fourth-order valence-corrected chi connectivity index (χ4v) is 0.559. The van der Waals surface area contributed by atoms with E-state index in [9.17, 15) is 4.79 Å². The Labute approximate surface area is 68.9 Å². The molecular weight excluding hydrogens is 140 g/mol. The summed E-state index contributed by atoms with van der Waals surface area (Å²) in [5.41, 5.74) is -0.242. The Morgan fingerprint density at radius 1 is 1.45 bits per heavy atom. The second-order valence-electron chi connectivity index (χ2n) is 3.50. The predicted molar refractivity (Wildman–Crippen MR) is 45.0 cm³/mol. The molecule has 2 nitrogen and oxygen atoms in total. The van der Waals surface area contributed by atoms with E-state index in [1.54, 1.807) is 6.61 Å². The number of Topliss-reactive ketones (excluding diaryl/α,β-unsaturated/α-hetero) is 1. The van der Waals surface area contributed by atoms with E-state index in [0.29, 0.717) is 13.0 Å². The summed E-state index contributed by atoms with van der Waals surface area (Å²) >= 11 is 0. The van der Waals surface area contributed by atoms with Crippen molar-refractivity contribution < 1.29 is 9.53 Å². The minimum Gasteiger partial charge on any atom is -0.375 e. The number of ketones is 1. The Morgan fingerprint density at radius 3 is 2.36 bits per heavy atom. The van der Waals surface area contributed by atoms with E-state index in [4.69, 9.17) is 4.74 Å². The first-order valence-corrected chi connectivity index (χ1v) is 3.95. The Morgan fingerprint density at radius 2 is 2.00 bits per heavy atom. The summed E-state index contributed by atoms with van der Waals surface area (Å²) in [6.07, 6.45) is 0.414. The third kappa shape index (κ3) is 4.96. The van der Waals surface area contributed by atoms with Gasteiger partial charge in [-0.1, -0.05) is 20.8 Å². The Hall–Kier alpha value is -0.370. The van der Waals surface area contributed by atoms with E-state index in [0.717, 1.165) is 0 Å². The fourth-order valence-electron chi connectivity index (χ4n) is 0.559. The maximum Gasteiger partial charge on any atom is 0.140 e. The summed E-state index contributed by atoms with van der Waals surface area (Å²) in [6.45, 7) is 9.85. The number of rotatable bonds is 4. The van der Waals surface area contributed by atoms with E-state index >= 15 is 0 Å². The normalized spacial score (nSPS) is 11.6. The van der Waals surface area contributed by atoms with Crippen molar-refractivity contribution in [3.63, 3.8) is 0 Å². The molecule has 0 heterocycles. The largest absolute Gasteiger partial charge is 0.375 e. The molecule has 0 saturated carbocycles. The van der Waals surface area contributed by atoms with Gasteiger partial charge in [0.1, 0.15) is 5.78 Å². The topological polar surface area (TPSA) is 26.3 Å². The summed E-state index contributed by atoms with van der Waals surface area (Å²) < 4.78 is 4.95. The maximum atomic E-state index is 11.2. The zero-order valence-corrected chi connectivity index (χ0v) is 7.81. The zero-order chi connectivity index (χ0) is 8.91. The Kier molecular flexibility index (Phi) is 4.34. The van der Waals surface area contributed by atoms with Crippen molar-refractivity contribution in [2.45, 2.75) is 34.1 Å². The molecule has 0 aliphatic carbocycles. The average Bonchev–Trinajstić information content (AvgIpc) is 1.86. The summed E-state index contributed by atoms with van der Waals surface area (Å²) in [7, 11) is 0. The minimum atomic E-state index is -0.242. The van der Waals surface area contributed by atoms with E-state index in [-0.39, 0.29) is 11.2 Å². The molecule has 0 rings (SSSR count). The van der Waals surface area contributed by atoms with Gasteiger partial charge in [-0.3, -0.25) is 4.79 Å². The van der Waals surface area contributed by atoms with Gasteiger partial charge in [0.15, 0.2) is 0 Å². The lowest BCUT2D eigenvalue weighted by atomic mass is 9.89. The first-order chi connectivity index (χ1) is 4.98. The number of hydrogen-bond donors (Lipinski definition) is 0. The lowest BCUT2D eigenvalue weighted by Gasteiger charge is -2.15. The standard InChI is InChI=1S/C9H17O2/c1-5-11-7-6-8(10)9(2,3)4/h7H,5-6H2,1-4H3. The van der Waals surface area contributed by atoms with E-state index < -0.39 is 0 Å². The highest BCUT2D eigenvalue weighted by molar-refractivity contribution is 5.84. The molecule has 0 N–H and O–H groups in total. The summed E-state index contributed by atoms with van der Waals surface area (Å²) in [5.74, 6) is 0.214. The number of carbonyl (C=O) groups is 1. The molecule has 0 aromatic rings. The third-order valence-corrected chi connectivity index (χ3v) is 1.39. The molecule has 0 aromatic carbocycles. The highest BCUT2D eigenvalue weighted by Crippen LogP contribution is 2.17. The van der Waals surface area contributed by atoms with Crippen LogP contribution in [0, 0.1) is 12.0 Å². The molecule has 11 heavy (non-hydrogen) atoms. The first-order valence-electron chi connectivity index (χ1n) is 3.95. The molecule has 0 saturated heterocycles. The van der Waals surface area contributed by atoms with Crippen molar-refractivity contribution in [2.24, 2.45) is 5.41 Å². The van der Waals surface area contributed by atoms with Crippen LogP contribution in [-0.4, -0.2) is 12.4 Å². The van der Waals surface area contributed by atoms with E-state index in [1.165, 1.54) is 0 Å². The molecule has 1 radical (unpaired) electrons. The summed E-state index contributed by atoms with van der Waals surface area (Å²) in [6, 6.07) is 0. The Balaban J connectivity index is 3.54. The lowest BCUT2D eigenvalue weighted by Crippen LogP contribution is -2.20. The van der Waals surface area contributed by atoms with Crippen LogP contribution >= 0.6 is 0 Å². The number of ether oxygens (including phenoxy) is 1. The van der Waals surface area contributed by atoms with Crippen molar-refractivity contribution >= 4 is 5.78 Å². The SMILES string of the molecule is CCO[CH]CC(=O)C(C)(C)C. The molecule has 65 valence electrons. The van der Waals surface area contributed by atoms with Crippen LogP contribution in [0.3, 0.4) is 0 Å². The molecule has 0 aliphatic rings. The van der Waals surface area contributed by atoms with Gasteiger partial charge in [0.2, 0.25) is 0 Å². The molecule has 0 spiro atoms. The first kappa shape index (κ1) is 10.6. The van der Waals surface area contributed by atoms with Gasteiger partial charge in [-0.25, -0.2) is 0 Å². The van der Waals surface area contributed by atoms with Crippen LogP contribution in [0.15, 0.2) is 0 Å². The molecule has 0 aromatic heterocycles. The minimum absolute atomic E-state index is 0.214. The number of hydrogen-bond acceptors (Lipinski definition) is 2. The summed E-state index contributed by atoms with van der Waals surface area (Å²) in [5, 5.41) is 0. The monoisotopic (exact) mass is 157 g/mol. The van der Waals surface area contributed by atoms with Crippen molar-refractivity contribution in [1.29, 1.82) is 0 Å². The fraction of sp³-hybridized carbons (Fsp3) is 0.778. The number of carbonyl (C=O) groups excluding carboxylic acids is 1. The molecule has 0 bridgehead atoms. The van der Waals surface area contributed by atoms with Crippen molar-refractivity contribution in [2.75, 3.05) is 6.61 Å². The predicted octanol–water partition coefficient (Wildman–Crippen LogP) is 2.19. The smallest absolute Gasteiger partial charge is 0.140 e. The van der Waals surface area contributed by atoms with Gasteiger partial charge < -0.3 is 4.74 Å². The second kappa shape index (κ2) is 4.50. The Bertz CT molecular complexity index is 122. The van der Waals surface area contributed by atoms with E-state index in [1.807, 2.05) is 27.7 Å². The van der Waals surface area contributed by atoms with Gasteiger partial charge >= 0.3 is 0 Å². The van der Waals surface area contributed by atoms with Crippen molar-refractivity contribution in [1.82, 2.24) is 0 Å². The van der Waals surface area contributed by atoms with Crippen molar-refractivity contribution in [3.05, 3.63) is 6.61 Å². The highest BCUT2D eigenvalue weighted by Gasteiger charge is 2.20. The molecule has 2 heteroatoms. The zero-order valence-electron chi connectivity index (χ0n) is 7.81. The van der Waals surface area contributed by atoms with Crippen LogP contribution in [0.5, 0.6) is 0 Å². The quantitative estimate of drug-likeness (QED) is 0.585. The van der Waals surface area contributed by atoms with Gasteiger partial charge in [0, 0.05) is 18.4 Å². The van der Waals surface area contributed by atoms with Gasteiger partial charge in [0.05, 0.1) is 6.61 Å². The van der Waals surface area contributed by atoms with Gasteiger partial charge in [-0.2, -0.15) is 0 Å². The molecule has 0 amide bonds. The van der Waals surface area contributed by atoms with Crippen LogP contribution in [0.4, 0.5) is 0 Å². The van der Waals surface area contributed by atoms with Crippen LogP contribution in [0.25, 0.3) is 0 Å². The molecule has 0 fully saturated rings. The van der Waals surface area contributed by atoms with Crippen LogP contribution in [0.2, 0.25) is 0 Å². The third-order valence-electron chi connectivity index (χ3n) is 1.39. The van der Waals surface area contributed by atoms with E-state index in [2.05, 4.69) is 0 Å². The second-order valence-corrected chi connectivity index (χ2v) is 3.50.